The van der Waals surface area contributed by atoms with Gasteiger partial charge in [0.05, 0.1) is 0 Å². The average Bonchev–Trinajstić information content (AvgIpc) is 1.41. The van der Waals surface area contributed by atoms with Crippen LogP contribution >= 0.6 is 0 Å². The molecule has 0 rings (SSSR count). The minimum absolute atomic E-state index is 0. The van der Waals surface area contributed by atoms with Gasteiger partial charge in [-0.2, -0.15) is 0 Å². The molecular weight excluding hydrogens is 446 g/mol. The predicted molar refractivity (Wildman–Crippen MR) is 14.2 cm³/mol. The summed E-state index contributed by atoms with van der Waals surface area (Å²) < 4.78 is 32.2. The molecule has 0 saturated carbocycles. The zero-order valence-corrected chi connectivity index (χ0v) is 12.3. The molecule has 0 fully saturated rings. The SMILES string of the molecule is [BiH3].[Co].[O]=[Cu].[O]=[V](=[O])[OH]. The van der Waals surface area contributed by atoms with Crippen LogP contribution in [0.15, 0.2) is 0 Å². The molecule has 8 heavy (non-hydrogen) atoms. The Kier molecular flexibility index (Phi) is 65.3. The zero-order chi connectivity index (χ0) is 5.58. The van der Waals surface area contributed by atoms with Gasteiger partial charge in [0.1, 0.15) is 0 Å². The Labute approximate surface area is 88.5 Å². The van der Waals surface area contributed by atoms with Gasteiger partial charge >= 0.3 is 72.8 Å². The van der Waals surface area contributed by atoms with Crippen molar-refractivity contribution in [1.82, 2.24) is 0 Å². The summed E-state index contributed by atoms with van der Waals surface area (Å²) in [6.45, 7) is 0. The first-order chi connectivity index (χ1) is 2.73. The molecule has 0 amide bonds. The van der Waals surface area contributed by atoms with Crippen LogP contribution in [-0.4, -0.2) is 30.2 Å². The van der Waals surface area contributed by atoms with Crippen LogP contribution in [0.4, 0.5) is 0 Å². The van der Waals surface area contributed by atoms with Gasteiger partial charge in [0.15, 0.2) is 0 Å². The van der Waals surface area contributed by atoms with Crippen LogP contribution in [0.3, 0.4) is 0 Å². The molecule has 0 aromatic rings. The quantitative estimate of drug-likeness (QED) is 0.429. The van der Waals surface area contributed by atoms with Crippen molar-refractivity contribution >= 4 is 26.2 Å². The van der Waals surface area contributed by atoms with Crippen molar-refractivity contribution < 1.29 is 63.3 Å². The molecule has 4 nitrogen and oxygen atoms in total. The third kappa shape index (κ3) is 107. The summed E-state index contributed by atoms with van der Waals surface area (Å²) in [4.78, 5) is 0. The summed E-state index contributed by atoms with van der Waals surface area (Å²) >= 11 is -0.750. The maximum absolute atomic E-state index is 8.67. The maximum atomic E-state index is 8.67. The van der Waals surface area contributed by atoms with Crippen LogP contribution in [0.25, 0.3) is 0 Å². The monoisotopic (exact) mass is 450 g/mol. The molecule has 0 bridgehead atoms. The van der Waals surface area contributed by atoms with E-state index < -0.39 is 15.4 Å². The van der Waals surface area contributed by atoms with Gasteiger partial charge in [-0.25, -0.2) is 0 Å². The molecule has 58 valence electrons. The second-order valence-corrected chi connectivity index (χ2v) is 0.981. The van der Waals surface area contributed by atoms with Crippen LogP contribution in [0.2, 0.25) is 0 Å². The number of rotatable bonds is 0. The van der Waals surface area contributed by atoms with Crippen LogP contribution in [0.5, 0.6) is 0 Å². The molecule has 0 saturated heterocycles. The van der Waals surface area contributed by atoms with Crippen molar-refractivity contribution in [3.05, 3.63) is 0 Å². The van der Waals surface area contributed by atoms with Gasteiger partial charge in [-0.1, -0.05) is 0 Å². The second kappa shape index (κ2) is 23.2. The summed E-state index contributed by atoms with van der Waals surface area (Å²) in [5, 5.41) is 0. The molecule has 0 spiro atoms. The molecule has 0 heterocycles. The van der Waals surface area contributed by atoms with Crippen molar-refractivity contribution in [3.63, 3.8) is 0 Å². The standard InChI is InChI=1S/Bi.Co.Cu.H2O.3O.V.3H/h;;;1H2;;;;;;;/q;;;;;;;+1;;;/p-1. The third-order valence-electron chi connectivity index (χ3n) is 0. The van der Waals surface area contributed by atoms with Gasteiger partial charge in [-0.3, -0.25) is 0 Å². The topological polar surface area (TPSA) is 71.4 Å². The van der Waals surface area contributed by atoms with E-state index in [4.69, 9.17) is 15.2 Å². The van der Waals surface area contributed by atoms with Crippen molar-refractivity contribution in [3.8, 4) is 0 Å². The van der Waals surface area contributed by atoms with Crippen molar-refractivity contribution in [2.24, 2.45) is 0 Å². The summed E-state index contributed by atoms with van der Waals surface area (Å²) in [5.41, 5.74) is 0. The fourth-order valence-corrected chi connectivity index (χ4v) is 0. The molecule has 0 aliphatic carbocycles. The van der Waals surface area contributed by atoms with E-state index in [0.717, 1.165) is 0 Å². The molecule has 1 radical (unpaired) electrons. The van der Waals surface area contributed by atoms with Gasteiger partial charge in [0.2, 0.25) is 0 Å². The van der Waals surface area contributed by atoms with Crippen molar-refractivity contribution in [2.45, 2.75) is 0 Å². The molecule has 0 aliphatic heterocycles. The fraction of sp³-hybridized carbons (Fsp3) is 0. The van der Waals surface area contributed by atoms with E-state index in [1.807, 2.05) is 0 Å². The van der Waals surface area contributed by atoms with E-state index in [9.17, 15) is 0 Å². The Morgan fingerprint density at radius 1 is 1.25 bits per heavy atom. The third-order valence-corrected chi connectivity index (χ3v) is 0. The molecule has 0 aliphatic rings. The second-order valence-electron chi connectivity index (χ2n) is 0.238. The van der Waals surface area contributed by atoms with Crippen molar-refractivity contribution in [2.75, 3.05) is 0 Å². The molecule has 0 aromatic carbocycles. The Bertz CT molecular complexity index is 74.1. The molecule has 0 unspecified atom stereocenters. The summed E-state index contributed by atoms with van der Waals surface area (Å²) in [5.74, 6) is 0. The molecule has 0 aromatic heterocycles. The first kappa shape index (κ1) is 22.5. The van der Waals surface area contributed by atoms with Gasteiger partial charge < -0.3 is 0 Å². The summed E-state index contributed by atoms with van der Waals surface area (Å²) in [6, 6.07) is 0. The van der Waals surface area contributed by atoms with E-state index in [2.05, 4.69) is 15.9 Å². The van der Waals surface area contributed by atoms with Crippen LogP contribution in [0, 0.1) is 0 Å². The van der Waals surface area contributed by atoms with Crippen LogP contribution < -0.4 is 0 Å². The number of hydrogen-bond acceptors (Lipinski definition) is 3. The van der Waals surface area contributed by atoms with Crippen LogP contribution in [0.1, 0.15) is 0 Å². The fourth-order valence-electron chi connectivity index (χ4n) is 0. The Hall–Kier alpha value is 1.85. The van der Waals surface area contributed by atoms with Gasteiger partial charge in [0, 0.05) is 16.8 Å². The molecule has 8 heteroatoms. The molecular formula is H4BiCoCuO4V. The van der Waals surface area contributed by atoms with E-state index in [1.165, 1.54) is 0 Å². The Morgan fingerprint density at radius 2 is 1.25 bits per heavy atom. The van der Waals surface area contributed by atoms with Gasteiger partial charge in [-0.05, 0) is 0 Å². The first-order valence-electron chi connectivity index (χ1n) is 0.688. The van der Waals surface area contributed by atoms with E-state index >= 15 is 0 Å². The zero-order valence-electron chi connectivity index (χ0n) is 3.46. The normalized spacial score (nSPS) is 3.88. The Morgan fingerprint density at radius 3 is 1.25 bits per heavy atom. The number of hydrogen-bond donors (Lipinski definition) is 1. The van der Waals surface area contributed by atoms with Crippen molar-refractivity contribution in [1.29, 1.82) is 0 Å². The molecule has 1 N–H and O–H groups in total. The minimum atomic E-state index is -3.69. The summed E-state index contributed by atoms with van der Waals surface area (Å²) in [6.07, 6.45) is 0. The first-order valence-corrected chi connectivity index (χ1v) is 2.84. The Balaban J connectivity index is -0.0000000183. The van der Waals surface area contributed by atoms with E-state index in [1.54, 1.807) is 0 Å². The molecule has 0 atom stereocenters. The van der Waals surface area contributed by atoms with Gasteiger partial charge in [0.25, 0.3) is 0 Å². The van der Waals surface area contributed by atoms with E-state index in [0.29, 0.717) is 0 Å². The van der Waals surface area contributed by atoms with E-state index in [-0.39, 0.29) is 43.0 Å². The predicted octanol–water partition coefficient (Wildman–Crippen LogP) is -2.10. The average molecular weight is 450 g/mol. The summed E-state index contributed by atoms with van der Waals surface area (Å²) in [7, 11) is 0. The van der Waals surface area contributed by atoms with Crippen LogP contribution in [-0.2, 0) is 59.3 Å². The van der Waals surface area contributed by atoms with Gasteiger partial charge in [-0.15, -0.1) is 0 Å².